The number of amides is 1. The molecule has 2 rings (SSSR count). The van der Waals surface area contributed by atoms with E-state index in [1.165, 1.54) is 32.1 Å². The van der Waals surface area contributed by atoms with Crippen molar-refractivity contribution >= 4 is 5.91 Å². The summed E-state index contributed by atoms with van der Waals surface area (Å²) in [4.78, 5) is 11.4. The topological polar surface area (TPSA) is 29.1 Å². The van der Waals surface area contributed by atoms with Crippen LogP contribution in [-0.4, -0.2) is 11.9 Å². The highest BCUT2D eigenvalue weighted by molar-refractivity contribution is 5.80. The summed E-state index contributed by atoms with van der Waals surface area (Å²) in [6.45, 7) is 2.19. The van der Waals surface area contributed by atoms with Gasteiger partial charge >= 0.3 is 0 Å². The molecule has 0 aromatic rings. The zero-order valence-corrected chi connectivity index (χ0v) is 8.44. The molecule has 2 aliphatic rings. The van der Waals surface area contributed by atoms with Gasteiger partial charge in [0, 0.05) is 12.5 Å². The van der Waals surface area contributed by atoms with Crippen molar-refractivity contribution in [3.05, 3.63) is 0 Å². The van der Waals surface area contributed by atoms with Gasteiger partial charge in [0.1, 0.15) is 0 Å². The molecule has 1 spiro atoms. The lowest BCUT2D eigenvalue weighted by Gasteiger charge is -2.37. The Morgan fingerprint density at radius 3 is 2.69 bits per heavy atom. The predicted octanol–water partition coefficient (Wildman–Crippen LogP) is 2.24. The Morgan fingerprint density at radius 2 is 2.08 bits per heavy atom. The molecule has 1 atom stereocenters. The molecule has 2 heteroatoms. The van der Waals surface area contributed by atoms with Crippen molar-refractivity contribution in [2.45, 2.75) is 57.9 Å². The first-order valence-corrected chi connectivity index (χ1v) is 5.56. The number of hydrogen-bond acceptors (Lipinski definition) is 1. The molecule has 0 bridgehead atoms. The van der Waals surface area contributed by atoms with Gasteiger partial charge in [-0.1, -0.05) is 26.2 Å². The van der Waals surface area contributed by atoms with Gasteiger partial charge in [-0.25, -0.2) is 0 Å². The van der Waals surface area contributed by atoms with Gasteiger partial charge in [0.25, 0.3) is 0 Å². The van der Waals surface area contributed by atoms with Crippen LogP contribution in [0.1, 0.15) is 51.9 Å². The van der Waals surface area contributed by atoms with Crippen LogP contribution in [0.5, 0.6) is 0 Å². The Balaban J connectivity index is 2.13. The second-order valence-corrected chi connectivity index (χ2v) is 4.63. The highest BCUT2D eigenvalue weighted by Gasteiger charge is 2.45. The molecule has 1 saturated heterocycles. The zero-order valence-electron chi connectivity index (χ0n) is 8.44. The van der Waals surface area contributed by atoms with Crippen LogP contribution in [0.4, 0.5) is 0 Å². The van der Waals surface area contributed by atoms with Crippen molar-refractivity contribution in [2.75, 3.05) is 0 Å². The molecule has 2 fully saturated rings. The lowest BCUT2D eigenvalue weighted by Crippen LogP contribution is -2.37. The highest BCUT2D eigenvalue weighted by atomic mass is 16.2. The first-order valence-electron chi connectivity index (χ1n) is 5.56. The van der Waals surface area contributed by atoms with Crippen molar-refractivity contribution in [2.24, 2.45) is 5.41 Å². The van der Waals surface area contributed by atoms with E-state index in [4.69, 9.17) is 0 Å². The molecule has 74 valence electrons. The fourth-order valence-corrected chi connectivity index (χ4v) is 3.16. The van der Waals surface area contributed by atoms with Gasteiger partial charge in [0.2, 0.25) is 5.91 Å². The van der Waals surface area contributed by atoms with Crippen LogP contribution in [0.2, 0.25) is 0 Å². The SMILES string of the molecule is CCC1NC(=O)CC12CCCCC2. The Hall–Kier alpha value is -0.530. The Labute approximate surface area is 80.1 Å². The second-order valence-electron chi connectivity index (χ2n) is 4.63. The van der Waals surface area contributed by atoms with Crippen molar-refractivity contribution < 1.29 is 4.79 Å². The van der Waals surface area contributed by atoms with E-state index in [9.17, 15) is 4.79 Å². The van der Waals surface area contributed by atoms with Crippen LogP contribution in [0.3, 0.4) is 0 Å². The van der Waals surface area contributed by atoms with Crippen LogP contribution in [0, 0.1) is 5.41 Å². The quantitative estimate of drug-likeness (QED) is 0.660. The third-order valence-electron chi connectivity index (χ3n) is 3.84. The maximum Gasteiger partial charge on any atom is 0.220 e. The fraction of sp³-hybridized carbons (Fsp3) is 0.909. The van der Waals surface area contributed by atoms with Gasteiger partial charge in [-0.05, 0) is 24.7 Å². The van der Waals surface area contributed by atoms with Crippen LogP contribution in [0.25, 0.3) is 0 Å². The highest BCUT2D eigenvalue weighted by Crippen LogP contribution is 2.46. The van der Waals surface area contributed by atoms with Gasteiger partial charge in [0.15, 0.2) is 0 Å². The number of hydrogen-bond donors (Lipinski definition) is 1. The molecule has 1 saturated carbocycles. The third-order valence-corrected chi connectivity index (χ3v) is 3.84. The summed E-state index contributed by atoms with van der Waals surface area (Å²) in [6.07, 6.45) is 8.45. The zero-order chi connectivity index (χ0) is 9.31. The third kappa shape index (κ3) is 1.47. The van der Waals surface area contributed by atoms with Crippen molar-refractivity contribution in [3.8, 4) is 0 Å². The molecule has 1 N–H and O–H groups in total. The number of nitrogens with one attached hydrogen (secondary N) is 1. The minimum Gasteiger partial charge on any atom is -0.353 e. The summed E-state index contributed by atoms with van der Waals surface area (Å²) in [5, 5.41) is 3.13. The van der Waals surface area contributed by atoms with Gasteiger partial charge < -0.3 is 5.32 Å². The molecular weight excluding hydrogens is 162 g/mol. The molecule has 1 heterocycles. The minimum absolute atomic E-state index is 0.286. The van der Waals surface area contributed by atoms with E-state index in [1.54, 1.807) is 0 Å². The van der Waals surface area contributed by atoms with Crippen molar-refractivity contribution in [3.63, 3.8) is 0 Å². The summed E-state index contributed by atoms with van der Waals surface area (Å²) in [5.74, 6) is 0.286. The molecule has 1 aliphatic carbocycles. The Kier molecular flexibility index (Phi) is 2.31. The molecule has 13 heavy (non-hydrogen) atoms. The molecule has 1 amide bonds. The maximum absolute atomic E-state index is 11.4. The molecular formula is C11H19NO. The van der Waals surface area contributed by atoms with Crippen LogP contribution in [-0.2, 0) is 4.79 Å². The Morgan fingerprint density at radius 1 is 1.38 bits per heavy atom. The lowest BCUT2D eigenvalue weighted by molar-refractivity contribution is -0.119. The smallest absolute Gasteiger partial charge is 0.220 e. The normalized spacial score (nSPS) is 32.1. The summed E-state index contributed by atoms with van der Waals surface area (Å²) in [6, 6.07) is 0.473. The van der Waals surface area contributed by atoms with E-state index >= 15 is 0 Å². The van der Waals surface area contributed by atoms with E-state index < -0.39 is 0 Å². The van der Waals surface area contributed by atoms with E-state index in [0.717, 1.165) is 12.8 Å². The second kappa shape index (κ2) is 3.32. The van der Waals surface area contributed by atoms with E-state index in [0.29, 0.717) is 11.5 Å². The average Bonchev–Trinajstić information content (AvgIpc) is 2.43. The van der Waals surface area contributed by atoms with Crippen molar-refractivity contribution in [1.82, 2.24) is 5.32 Å². The van der Waals surface area contributed by atoms with E-state index in [2.05, 4.69) is 12.2 Å². The molecule has 0 aromatic carbocycles. The van der Waals surface area contributed by atoms with Crippen molar-refractivity contribution in [1.29, 1.82) is 0 Å². The lowest BCUT2D eigenvalue weighted by atomic mass is 9.68. The summed E-state index contributed by atoms with van der Waals surface area (Å²) in [7, 11) is 0. The standard InChI is InChI=1S/C11H19NO/c1-2-9-11(8-10(13)12-9)6-4-3-5-7-11/h9H,2-8H2,1H3,(H,12,13). The first kappa shape index (κ1) is 9.04. The predicted molar refractivity (Wildman–Crippen MR) is 52.4 cm³/mol. The van der Waals surface area contributed by atoms with E-state index in [-0.39, 0.29) is 5.91 Å². The largest absolute Gasteiger partial charge is 0.353 e. The number of carbonyl (C=O) groups is 1. The van der Waals surface area contributed by atoms with Gasteiger partial charge in [0.05, 0.1) is 0 Å². The Bertz CT molecular complexity index is 206. The van der Waals surface area contributed by atoms with Crippen LogP contribution in [0.15, 0.2) is 0 Å². The fourth-order valence-electron chi connectivity index (χ4n) is 3.16. The average molecular weight is 181 g/mol. The van der Waals surface area contributed by atoms with Gasteiger partial charge in [-0.3, -0.25) is 4.79 Å². The molecule has 1 aliphatic heterocycles. The minimum atomic E-state index is 0.286. The summed E-state index contributed by atoms with van der Waals surface area (Å²) >= 11 is 0. The molecule has 2 nitrogen and oxygen atoms in total. The van der Waals surface area contributed by atoms with Crippen LogP contribution >= 0.6 is 0 Å². The number of rotatable bonds is 1. The van der Waals surface area contributed by atoms with Gasteiger partial charge in [-0.2, -0.15) is 0 Å². The first-order chi connectivity index (χ1) is 6.27. The molecule has 0 aromatic heterocycles. The summed E-state index contributed by atoms with van der Waals surface area (Å²) in [5.41, 5.74) is 0.351. The van der Waals surface area contributed by atoms with E-state index in [1.807, 2.05) is 0 Å². The maximum atomic E-state index is 11.4. The summed E-state index contributed by atoms with van der Waals surface area (Å²) < 4.78 is 0. The molecule has 1 unspecified atom stereocenters. The van der Waals surface area contributed by atoms with Crippen LogP contribution < -0.4 is 5.32 Å². The van der Waals surface area contributed by atoms with Gasteiger partial charge in [-0.15, -0.1) is 0 Å². The monoisotopic (exact) mass is 181 g/mol. The molecule has 0 radical (unpaired) electrons. The number of carbonyl (C=O) groups excluding carboxylic acids is 1.